The van der Waals surface area contributed by atoms with Crippen molar-refractivity contribution in [3.63, 3.8) is 0 Å². The molecule has 1 aliphatic carbocycles. The second-order valence-corrected chi connectivity index (χ2v) is 6.67. The maximum Gasteiger partial charge on any atom is 0.273 e. The van der Waals surface area contributed by atoms with Gasteiger partial charge in [-0.1, -0.05) is 37.0 Å². The highest BCUT2D eigenvalue weighted by atomic mass is 16.2. The lowest BCUT2D eigenvalue weighted by molar-refractivity contribution is 0.0935. The van der Waals surface area contributed by atoms with E-state index in [0.29, 0.717) is 11.7 Å². The molecule has 0 bridgehead atoms. The minimum absolute atomic E-state index is 0.0183. The summed E-state index contributed by atoms with van der Waals surface area (Å²) in [5, 5.41) is 11.3. The lowest BCUT2D eigenvalue weighted by Crippen LogP contribution is -2.34. The molecule has 0 unspecified atom stereocenters. The van der Waals surface area contributed by atoms with Crippen molar-refractivity contribution in [1.82, 2.24) is 25.3 Å². The molecule has 128 valence electrons. The van der Waals surface area contributed by atoms with Crippen LogP contribution in [0.1, 0.15) is 67.5 Å². The zero-order valence-corrected chi connectivity index (χ0v) is 14.2. The van der Waals surface area contributed by atoms with Crippen LogP contribution in [0.3, 0.4) is 0 Å². The Morgan fingerprint density at radius 2 is 2.12 bits per heavy atom. The van der Waals surface area contributed by atoms with Gasteiger partial charge in [0.2, 0.25) is 0 Å². The first-order valence-electron chi connectivity index (χ1n) is 8.84. The summed E-state index contributed by atoms with van der Waals surface area (Å²) >= 11 is 0. The van der Waals surface area contributed by atoms with E-state index in [1.807, 2.05) is 29.9 Å². The number of pyridine rings is 1. The van der Waals surface area contributed by atoms with Crippen molar-refractivity contribution in [3.8, 4) is 0 Å². The second kappa shape index (κ2) is 8.04. The van der Waals surface area contributed by atoms with E-state index in [4.69, 9.17) is 0 Å². The van der Waals surface area contributed by atoms with Crippen LogP contribution in [-0.4, -0.2) is 31.9 Å². The zero-order valence-electron chi connectivity index (χ0n) is 14.2. The largest absolute Gasteiger partial charge is 0.348 e. The molecule has 0 saturated heterocycles. The summed E-state index contributed by atoms with van der Waals surface area (Å²) in [5.74, 6) is -0.161. The third kappa shape index (κ3) is 4.40. The van der Waals surface area contributed by atoms with Gasteiger partial charge in [0.05, 0.1) is 12.2 Å². The molecule has 1 aliphatic rings. The minimum Gasteiger partial charge on any atom is -0.348 e. The molecule has 3 rings (SSSR count). The van der Waals surface area contributed by atoms with Gasteiger partial charge in [0.25, 0.3) is 5.91 Å². The van der Waals surface area contributed by atoms with Gasteiger partial charge < -0.3 is 5.32 Å². The molecule has 0 aliphatic heterocycles. The molecule has 1 N–H and O–H groups in total. The van der Waals surface area contributed by atoms with E-state index in [-0.39, 0.29) is 11.9 Å². The fourth-order valence-corrected chi connectivity index (χ4v) is 3.30. The molecule has 0 spiro atoms. The molecule has 1 atom stereocenters. The van der Waals surface area contributed by atoms with Crippen LogP contribution in [0, 0.1) is 0 Å². The van der Waals surface area contributed by atoms with E-state index < -0.39 is 0 Å². The minimum atomic E-state index is -0.161. The predicted octanol–water partition coefficient (Wildman–Crippen LogP) is 2.93. The number of nitrogens with zero attached hydrogens (tertiary/aromatic N) is 4. The molecule has 0 aromatic carbocycles. The Kier molecular flexibility index (Phi) is 5.56. The fraction of sp³-hybridized carbons (Fsp3) is 0.556. The van der Waals surface area contributed by atoms with E-state index in [9.17, 15) is 4.79 Å². The lowest BCUT2D eigenvalue weighted by Gasteiger charge is -2.13. The van der Waals surface area contributed by atoms with Crippen LogP contribution in [0.5, 0.6) is 0 Å². The van der Waals surface area contributed by atoms with Gasteiger partial charge in [-0.2, -0.15) is 0 Å². The summed E-state index contributed by atoms with van der Waals surface area (Å²) < 4.78 is 1.88. The molecule has 6 heteroatoms. The second-order valence-electron chi connectivity index (χ2n) is 6.67. The third-order valence-electron chi connectivity index (χ3n) is 4.58. The fourth-order valence-electron chi connectivity index (χ4n) is 3.30. The number of amides is 1. The van der Waals surface area contributed by atoms with Crippen LogP contribution in [0.15, 0.2) is 30.7 Å². The Morgan fingerprint density at radius 1 is 1.33 bits per heavy atom. The van der Waals surface area contributed by atoms with Crippen LogP contribution in [-0.2, 0) is 6.42 Å². The van der Waals surface area contributed by atoms with Crippen molar-refractivity contribution >= 4 is 5.91 Å². The van der Waals surface area contributed by atoms with Crippen molar-refractivity contribution in [2.45, 2.75) is 64.0 Å². The Balaban J connectivity index is 1.57. The topological polar surface area (TPSA) is 72.7 Å². The molecule has 2 heterocycles. The summed E-state index contributed by atoms with van der Waals surface area (Å²) in [6, 6.07) is 4.32. The standard InChI is InChI=1S/C18H25N5O/c1-14(11-15-7-6-10-19-12-15)20-18(24)17-13-23(22-21-17)16-8-4-2-3-5-9-16/h6-7,10,12-14,16H,2-5,8-9,11H2,1H3,(H,20,24)/t14-/m1/s1. The van der Waals surface area contributed by atoms with Crippen LogP contribution < -0.4 is 5.32 Å². The van der Waals surface area contributed by atoms with Gasteiger partial charge in [0.1, 0.15) is 0 Å². The van der Waals surface area contributed by atoms with Crippen molar-refractivity contribution in [3.05, 3.63) is 42.0 Å². The highest BCUT2D eigenvalue weighted by Gasteiger charge is 2.19. The number of nitrogens with one attached hydrogen (secondary N) is 1. The van der Waals surface area contributed by atoms with E-state index in [2.05, 4.69) is 20.6 Å². The maximum absolute atomic E-state index is 12.4. The van der Waals surface area contributed by atoms with Gasteiger partial charge in [-0.15, -0.1) is 5.10 Å². The van der Waals surface area contributed by atoms with E-state index >= 15 is 0 Å². The first kappa shape index (κ1) is 16.6. The predicted molar refractivity (Wildman–Crippen MR) is 91.6 cm³/mol. The van der Waals surface area contributed by atoms with Crippen LogP contribution in [0.4, 0.5) is 0 Å². The molecule has 1 saturated carbocycles. The van der Waals surface area contributed by atoms with Crippen molar-refractivity contribution in [2.75, 3.05) is 0 Å². The summed E-state index contributed by atoms with van der Waals surface area (Å²) in [4.78, 5) is 16.5. The van der Waals surface area contributed by atoms with Crippen molar-refractivity contribution in [1.29, 1.82) is 0 Å². The van der Waals surface area contributed by atoms with Crippen LogP contribution in [0.25, 0.3) is 0 Å². The summed E-state index contributed by atoms with van der Waals surface area (Å²) in [7, 11) is 0. The molecule has 2 aromatic heterocycles. The first-order valence-corrected chi connectivity index (χ1v) is 8.84. The number of rotatable bonds is 5. The third-order valence-corrected chi connectivity index (χ3v) is 4.58. The molecule has 6 nitrogen and oxygen atoms in total. The lowest BCUT2D eigenvalue weighted by atomic mass is 10.1. The van der Waals surface area contributed by atoms with E-state index in [0.717, 1.165) is 24.8 Å². The molecule has 24 heavy (non-hydrogen) atoms. The number of hydrogen-bond donors (Lipinski definition) is 1. The Bertz CT molecular complexity index is 646. The highest BCUT2D eigenvalue weighted by Crippen LogP contribution is 2.26. The Labute approximate surface area is 142 Å². The quantitative estimate of drug-likeness (QED) is 0.857. The van der Waals surface area contributed by atoms with Gasteiger partial charge in [0.15, 0.2) is 5.69 Å². The average molecular weight is 327 g/mol. The summed E-state index contributed by atoms with van der Waals surface area (Å²) in [5.41, 5.74) is 1.50. The molecular weight excluding hydrogens is 302 g/mol. The maximum atomic E-state index is 12.4. The van der Waals surface area contributed by atoms with Gasteiger partial charge in [0, 0.05) is 18.4 Å². The van der Waals surface area contributed by atoms with E-state index in [1.54, 1.807) is 12.4 Å². The highest BCUT2D eigenvalue weighted by molar-refractivity contribution is 5.92. The summed E-state index contributed by atoms with van der Waals surface area (Å²) in [6.07, 6.45) is 13.4. The van der Waals surface area contributed by atoms with Crippen LogP contribution in [0.2, 0.25) is 0 Å². The van der Waals surface area contributed by atoms with Crippen LogP contribution >= 0.6 is 0 Å². The molecule has 2 aromatic rings. The smallest absolute Gasteiger partial charge is 0.273 e. The zero-order chi connectivity index (χ0) is 16.8. The average Bonchev–Trinajstić information content (AvgIpc) is 2.92. The first-order chi connectivity index (χ1) is 11.7. The number of hydrogen-bond acceptors (Lipinski definition) is 4. The number of aromatic nitrogens is 4. The Hall–Kier alpha value is -2.24. The van der Waals surface area contributed by atoms with Gasteiger partial charge in [-0.3, -0.25) is 9.78 Å². The normalized spacial score (nSPS) is 17.2. The van der Waals surface area contributed by atoms with Gasteiger partial charge in [-0.05, 0) is 37.8 Å². The SMILES string of the molecule is C[C@H](Cc1cccnc1)NC(=O)c1cn(C2CCCCCC2)nn1. The summed E-state index contributed by atoms with van der Waals surface area (Å²) in [6.45, 7) is 1.99. The van der Waals surface area contributed by atoms with Gasteiger partial charge >= 0.3 is 0 Å². The van der Waals surface area contributed by atoms with Crippen molar-refractivity contribution in [2.24, 2.45) is 0 Å². The molecule has 1 amide bonds. The number of carbonyl (C=O) groups excluding carboxylic acids is 1. The Morgan fingerprint density at radius 3 is 2.83 bits per heavy atom. The molecular formula is C18H25N5O. The number of carbonyl (C=O) groups is 1. The molecule has 0 radical (unpaired) electrons. The molecule has 1 fully saturated rings. The van der Waals surface area contributed by atoms with Gasteiger partial charge in [-0.25, -0.2) is 4.68 Å². The van der Waals surface area contributed by atoms with Crippen molar-refractivity contribution < 1.29 is 4.79 Å². The monoisotopic (exact) mass is 327 g/mol. The van der Waals surface area contributed by atoms with E-state index in [1.165, 1.54) is 25.7 Å².